The van der Waals surface area contributed by atoms with Crippen molar-refractivity contribution in [2.75, 3.05) is 11.9 Å². The molecule has 1 saturated carbocycles. The summed E-state index contributed by atoms with van der Waals surface area (Å²) in [7, 11) is 0. The van der Waals surface area contributed by atoms with Crippen molar-refractivity contribution in [3.63, 3.8) is 0 Å². The third-order valence-corrected chi connectivity index (χ3v) is 5.66. The number of aromatic amines is 1. The van der Waals surface area contributed by atoms with E-state index in [4.69, 9.17) is 9.47 Å². The van der Waals surface area contributed by atoms with Gasteiger partial charge in [-0.05, 0) is 45.2 Å². The van der Waals surface area contributed by atoms with Gasteiger partial charge in [-0.3, -0.25) is 10.1 Å². The SMILES string of the molecule is C[C@@H]1OCC(F)(F)[C@H](C)NC(=O)O[C@@H]2CC[C@@H](C2)c2cc(n[nH]2)Nc2ccnc1c2. The number of pyridine rings is 1. The average molecular weight is 421 g/mol. The van der Waals surface area contributed by atoms with Crippen LogP contribution in [0.4, 0.5) is 25.1 Å². The number of aromatic nitrogens is 3. The van der Waals surface area contributed by atoms with Gasteiger partial charge in [-0.25, -0.2) is 13.6 Å². The molecule has 1 aliphatic carbocycles. The average Bonchev–Trinajstić information content (AvgIpc) is 3.35. The van der Waals surface area contributed by atoms with Gasteiger partial charge in [0.15, 0.2) is 5.82 Å². The van der Waals surface area contributed by atoms with Gasteiger partial charge in [0.05, 0.1) is 17.8 Å². The maximum absolute atomic E-state index is 14.5. The zero-order valence-electron chi connectivity index (χ0n) is 16.8. The minimum atomic E-state index is -3.27. The summed E-state index contributed by atoms with van der Waals surface area (Å²) >= 11 is 0. The predicted molar refractivity (Wildman–Crippen MR) is 105 cm³/mol. The van der Waals surface area contributed by atoms with E-state index < -0.39 is 30.8 Å². The van der Waals surface area contributed by atoms with Gasteiger partial charge >= 0.3 is 6.09 Å². The Kier molecular flexibility index (Phi) is 5.59. The van der Waals surface area contributed by atoms with E-state index in [1.807, 2.05) is 6.07 Å². The fraction of sp³-hybridized carbons (Fsp3) is 0.550. The molecule has 4 atom stereocenters. The van der Waals surface area contributed by atoms with E-state index in [0.29, 0.717) is 24.4 Å². The van der Waals surface area contributed by atoms with Crippen LogP contribution in [0.3, 0.4) is 0 Å². The van der Waals surface area contributed by atoms with Crippen LogP contribution in [0.25, 0.3) is 0 Å². The molecule has 30 heavy (non-hydrogen) atoms. The Hall–Kier alpha value is -2.75. The van der Waals surface area contributed by atoms with Crippen molar-refractivity contribution < 1.29 is 23.0 Å². The number of halogens is 2. The molecule has 2 aromatic rings. The first kappa shape index (κ1) is 20.5. The lowest BCUT2D eigenvalue weighted by Gasteiger charge is -2.26. The lowest BCUT2D eigenvalue weighted by Crippen LogP contribution is -2.48. The summed E-state index contributed by atoms with van der Waals surface area (Å²) < 4.78 is 39.7. The van der Waals surface area contributed by atoms with Crippen molar-refractivity contribution in [1.29, 1.82) is 0 Å². The van der Waals surface area contributed by atoms with Gasteiger partial charge in [0.25, 0.3) is 5.92 Å². The molecule has 3 heterocycles. The third kappa shape index (κ3) is 4.53. The molecular weight excluding hydrogens is 396 g/mol. The summed E-state index contributed by atoms with van der Waals surface area (Å²) in [5.74, 6) is -2.47. The first-order valence-corrected chi connectivity index (χ1v) is 10.0. The Balaban J connectivity index is 1.59. The molecule has 1 fully saturated rings. The van der Waals surface area contributed by atoms with Crippen molar-refractivity contribution in [3.8, 4) is 0 Å². The van der Waals surface area contributed by atoms with Crippen LogP contribution in [-0.4, -0.2) is 45.9 Å². The summed E-state index contributed by atoms with van der Waals surface area (Å²) in [6, 6.07) is 4.00. The highest BCUT2D eigenvalue weighted by atomic mass is 19.3. The van der Waals surface area contributed by atoms with Gasteiger partial charge < -0.3 is 20.1 Å². The Morgan fingerprint density at radius 3 is 2.90 bits per heavy atom. The number of hydrogen-bond donors (Lipinski definition) is 3. The largest absolute Gasteiger partial charge is 0.446 e. The number of fused-ring (bicyclic) bond motifs is 7. The molecule has 0 spiro atoms. The summed E-state index contributed by atoms with van der Waals surface area (Å²) in [6.45, 7) is 2.03. The van der Waals surface area contributed by atoms with E-state index in [-0.39, 0.29) is 12.0 Å². The lowest BCUT2D eigenvalue weighted by atomic mass is 10.0. The number of ether oxygens (including phenoxy) is 2. The minimum absolute atomic E-state index is 0.157. The maximum atomic E-state index is 14.5. The van der Waals surface area contributed by atoms with Crippen molar-refractivity contribution in [1.82, 2.24) is 20.5 Å². The number of hydrogen-bond acceptors (Lipinski definition) is 6. The summed E-state index contributed by atoms with van der Waals surface area (Å²) in [5, 5.41) is 12.8. The molecule has 4 rings (SSSR count). The smallest absolute Gasteiger partial charge is 0.407 e. The minimum Gasteiger partial charge on any atom is -0.446 e. The van der Waals surface area contributed by atoms with Crippen molar-refractivity contribution in [3.05, 3.63) is 35.8 Å². The van der Waals surface area contributed by atoms with Gasteiger partial charge in [0, 0.05) is 29.6 Å². The number of nitrogens with zero attached hydrogens (tertiary/aromatic N) is 2. The zero-order valence-corrected chi connectivity index (χ0v) is 16.8. The topological polar surface area (TPSA) is 101 Å². The number of carbonyl (C=O) groups excluding carboxylic acids is 1. The second kappa shape index (κ2) is 8.17. The number of carbonyl (C=O) groups is 1. The highest BCUT2D eigenvalue weighted by Gasteiger charge is 2.39. The molecule has 2 aliphatic rings. The van der Waals surface area contributed by atoms with Crippen LogP contribution in [0.1, 0.15) is 56.5 Å². The van der Waals surface area contributed by atoms with Crippen LogP contribution in [0.5, 0.6) is 0 Å². The molecule has 8 nitrogen and oxygen atoms in total. The fourth-order valence-corrected chi connectivity index (χ4v) is 3.75. The highest BCUT2D eigenvalue weighted by Crippen LogP contribution is 2.36. The molecule has 1 aliphatic heterocycles. The number of nitrogens with one attached hydrogen (secondary N) is 3. The Labute approximate surface area is 172 Å². The molecule has 3 N–H and O–H groups in total. The van der Waals surface area contributed by atoms with Gasteiger partial charge in [-0.15, -0.1) is 0 Å². The van der Waals surface area contributed by atoms with Crippen LogP contribution in [0.15, 0.2) is 24.4 Å². The van der Waals surface area contributed by atoms with Gasteiger partial charge in [0.1, 0.15) is 12.7 Å². The Bertz CT molecular complexity index is 906. The van der Waals surface area contributed by atoms with Crippen LogP contribution >= 0.6 is 0 Å². The van der Waals surface area contributed by atoms with Gasteiger partial charge in [-0.2, -0.15) is 5.10 Å². The van der Waals surface area contributed by atoms with Crippen LogP contribution < -0.4 is 10.6 Å². The van der Waals surface area contributed by atoms with E-state index in [2.05, 4.69) is 25.8 Å². The second-order valence-corrected chi connectivity index (χ2v) is 7.92. The molecule has 6 bridgehead atoms. The van der Waals surface area contributed by atoms with E-state index in [0.717, 1.165) is 17.8 Å². The first-order valence-electron chi connectivity index (χ1n) is 10.0. The Morgan fingerprint density at radius 2 is 2.07 bits per heavy atom. The molecule has 162 valence electrons. The number of H-pyrrole nitrogens is 1. The molecule has 0 saturated heterocycles. The second-order valence-electron chi connectivity index (χ2n) is 7.92. The highest BCUT2D eigenvalue weighted by molar-refractivity contribution is 5.68. The lowest BCUT2D eigenvalue weighted by molar-refractivity contribution is -0.114. The monoisotopic (exact) mass is 421 g/mol. The maximum Gasteiger partial charge on any atom is 0.407 e. The summed E-state index contributed by atoms with van der Waals surface area (Å²) in [5.41, 5.74) is 2.18. The van der Waals surface area contributed by atoms with Crippen molar-refractivity contribution in [2.24, 2.45) is 0 Å². The third-order valence-electron chi connectivity index (χ3n) is 5.66. The van der Waals surface area contributed by atoms with E-state index in [1.165, 1.54) is 6.92 Å². The number of alkyl halides is 2. The summed E-state index contributed by atoms with van der Waals surface area (Å²) in [4.78, 5) is 16.3. The van der Waals surface area contributed by atoms with E-state index in [1.54, 1.807) is 25.3 Å². The fourth-order valence-electron chi connectivity index (χ4n) is 3.75. The van der Waals surface area contributed by atoms with Crippen LogP contribution in [0, 0.1) is 0 Å². The number of alkyl carbamates (subject to hydrolysis) is 1. The number of anilines is 2. The first-order chi connectivity index (χ1) is 14.3. The number of amides is 1. The molecule has 10 heteroatoms. The van der Waals surface area contributed by atoms with E-state index in [9.17, 15) is 13.6 Å². The summed E-state index contributed by atoms with van der Waals surface area (Å²) in [6.07, 6.45) is 1.84. The predicted octanol–water partition coefficient (Wildman–Crippen LogP) is 4.03. The molecule has 0 aromatic carbocycles. The molecule has 0 unspecified atom stereocenters. The van der Waals surface area contributed by atoms with E-state index >= 15 is 0 Å². The normalized spacial score (nSPS) is 29.1. The molecule has 2 aromatic heterocycles. The standard InChI is InChI=1S/C20H25F2N5O3/c1-11-16-8-14(5-6-23-16)25-18-9-17(26-27-18)13-3-4-15(7-13)30-19(28)24-12(2)20(21,22)10-29-11/h5-6,8-9,11-13,15H,3-4,7,10H2,1-2H3,(H,24,28)(H2,25,26,27)/t11-,12-,13-,15+/m0/s1. The van der Waals surface area contributed by atoms with Crippen molar-refractivity contribution in [2.45, 2.75) is 63.2 Å². The van der Waals surface area contributed by atoms with Gasteiger partial charge in [-0.1, -0.05) is 0 Å². The number of rotatable bonds is 0. The zero-order chi connectivity index (χ0) is 21.3. The Morgan fingerprint density at radius 1 is 1.23 bits per heavy atom. The van der Waals surface area contributed by atoms with Crippen LogP contribution in [-0.2, 0) is 9.47 Å². The quantitative estimate of drug-likeness (QED) is 0.594. The molecular formula is C20H25F2N5O3. The van der Waals surface area contributed by atoms with Crippen molar-refractivity contribution >= 4 is 17.6 Å². The molecule has 0 radical (unpaired) electrons. The van der Waals surface area contributed by atoms with Gasteiger partial charge in [0.2, 0.25) is 0 Å². The molecule has 1 amide bonds. The van der Waals surface area contributed by atoms with Crippen LogP contribution in [0.2, 0.25) is 0 Å².